The number of ether oxygens (including phenoxy) is 1. The molecule has 1 aliphatic rings. The van der Waals surface area contributed by atoms with Crippen LogP contribution >= 0.6 is 11.8 Å². The van der Waals surface area contributed by atoms with Crippen molar-refractivity contribution >= 4 is 22.7 Å². The molecule has 3 atom stereocenters. The molecule has 194 valence electrons. The molecule has 0 saturated carbocycles. The van der Waals surface area contributed by atoms with E-state index in [0.717, 1.165) is 61.6 Å². The molecule has 0 radical (unpaired) electrons. The molecular formula is C28H35F2N3O2S. The van der Waals surface area contributed by atoms with Gasteiger partial charge in [-0.25, -0.2) is 8.78 Å². The van der Waals surface area contributed by atoms with Crippen molar-refractivity contribution in [2.75, 3.05) is 46.2 Å². The Labute approximate surface area is 216 Å². The van der Waals surface area contributed by atoms with Crippen LogP contribution < -0.4 is 10.1 Å². The first kappa shape index (κ1) is 26.8. The molecule has 1 aromatic heterocycles. The zero-order chi connectivity index (χ0) is 25.5. The number of hydrogen-bond donors (Lipinski definition) is 2. The summed E-state index contributed by atoms with van der Waals surface area (Å²) in [5.41, 5.74) is 2.16. The van der Waals surface area contributed by atoms with Gasteiger partial charge in [-0.3, -0.25) is 4.98 Å². The average molecular weight is 516 g/mol. The van der Waals surface area contributed by atoms with Gasteiger partial charge in [0.2, 0.25) is 0 Å². The maximum atomic E-state index is 13.9. The number of nitrogens with zero attached hydrogens (tertiary/aromatic N) is 2. The third kappa shape index (κ3) is 6.54. The number of fused-ring (bicyclic) bond motifs is 1. The largest absolute Gasteiger partial charge is 0.497 e. The van der Waals surface area contributed by atoms with E-state index in [-0.39, 0.29) is 24.4 Å². The van der Waals surface area contributed by atoms with E-state index in [2.05, 4.69) is 21.3 Å². The Bertz CT molecular complexity index is 1150. The molecule has 36 heavy (non-hydrogen) atoms. The maximum Gasteiger partial charge on any atom is 0.136 e. The molecule has 8 heteroatoms. The molecule has 0 spiro atoms. The highest BCUT2D eigenvalue weighted by Crippen LogP contribution is 2.33. The number of hydrogen-bond acceptors (Lipinski definition) is 6. The van der Waals surface area contributed by atoms with Gasteiger partial charge in [0.05, 0.1) is 12.6 Å². The molecule has 1 fully saturated rings. The fourth-order valence-electron chi connectivity index (χ4n) is 5.23. The van der Waals surface area contributed by atoms with Gasteiger partial charge in [0, 0.05) is 48.0 Å². The average Bonchev–Trinajstić information content (AvgIpc) is 2.91. The Morgan fingerprint density at radius 2 is 2.06 bits per heavy atom. The van der Waals surface area contributed by atoms with E-state index in [0.29, 0.717) is 16.6 Å². The topological polar surface area (TPSA) is 57.6 Å². The van der Waals surface area contributed by atoms with Crippen molar-refractivity contribution in [3.63, 3.8) is 0 Å². The van der Waals surface area contributed by atoms with E-state index >= 15 is 0 Å². The van der Waals surface area contributed by atoms with Crippen molar-refractivity contribution in [3.8, 4) is 5.75 Å². The molecule has 1 saturated heterocycles. The molecule has 1 aliphatic heterocycles. The quantitative estimate of drug-likeness (QED) is 0.339. The molecule has 2 aromatic carbocycles. The van der Waals surface area contributed by atoms with Crippen molar-refractivity contribution in [2.45, 2.75) is 30.2 Å². The van der Waals surface area contributed by atoms with Crippen LogP contribution in [0.3, 0.4) is 0 Å². The van der Waals surface area contributed by atoms with Crippen LogP contribution in [0, 0.1) is 23.5 Å². The minimum absolute atomic E-state index is 0.159. The fourth-order valence-corrected chi connectivity index (χ4v) is 6.20. The van der Waals surface area contributed by atoms with Gasteiger partial charge in [-0.15, -0.1) is 11.8 Å². The highest BCUT2D eigenvalue weighted by molar-refractivity contribution is 7.99. The first-order valence-corrected chi connectivity index (χ1v) is 13.5. The zero-order valence-electron chi connectivity index (χ0n) is 20.9. The predicted octanol–water partition coefficient (Wildman–Crippen LogP) is 5.29. The summed E-state index contributed by atoms with van der Waals surface area (Å²) in [5, 5.41) is 14.7. The zero-order valence-corrected chi connectivity index (χ0v) is 21.7. The Morgan fingerprint density at radius 3 is 2.83 bits per heavy atom. The summed E-state index contributed by atoms with van der Waals surface area (Å²) in [6, 6.07) is 11.8. The summed E-state index contributed by atoms with van der Waals surface area (Å²) in [7, 11) is 3.66. The Kier molecular flexibility index (Phi) is 9.53. The van der Waals surface area contributed by atoms with Crippen LogP contribution in [0.25, 0.3) is 10.9 Å². The van der Waals surface area contributed by atoms with Crippen molar-refractivity contribution in [1.82, 2.24) is 15.2 Å². The van der Waals surface area contributed by atoms with Crippen LogP contribution in [-0.2, 0) is 0 Å². The van der Waals surface area contributed by atoms with Gasteiger partial charge in [-0.2, -0.15) is 0 Å². The van der Waals surface area contributed by atoms with Gasteiger partial charge in [-0.1, -0.05) is 0 Å². The van der Waals surface area contributed by atoms with Crippen molar-refractivity contribution in [2.24, 2.45) is 11.8 Å². The smallest absolute Gasteiger partial charge is 0.136 e. The second-order valence-corrected chi connectivity index (χ2v) is 10.6. The van der Waals surface area contributed by atoms with Crippen LogP contribution in [0.5, 0.6) is 5.75 Å². The second-order valence-electron chi connectivity index (χ2n) is 9.42. The standard InChI is InChI=1S/C28H35F2N3O2S/c1-31-26(23-9-11-32-27-8-5-22(35-2)16-24(23)27)7-3-19-10-12-33(17-20(19)18-34)13-14-36-28-15-21(29)4-6-25(28)30/h4-6,8-9,11,15-16,19-20,26,31,34H,3,7,10,12-14,17-18H2,1-2H3/t19-,20-,26?/m1/s1. The molecule has 4 rings (SSSR count). The molecule has 2 N–H and O–H groups in total. The summed E-state index contributed by atoms with van der Waals surface area (Å²) < 4.78 is 32.7. The molecule has 3 aromatic rings. The summed E-state index contributed by atoms with van der Waals surface area (Å²) in [5.74, 6) is 1.35. The summed E-state index contributed by atoms with van der Waals surface area (Å²) in [6.45, 7) is 2.72. The monoisotopic (exact) mass is 515 g/mol. The summed E-state index contributed by atoms with van der Waals surface area (Å²) in [4.78, 5) is 7.19. The molecule has 2 heterocycles. The van der Waals surface area contributed by atoms with Crippen molar-refractivity contribution in [1.29, 1.82) is 0 Å². The number of benzene rings is 2. The van der Waals surface area contributed by atoms with E-state index in [9.17, 15) is 13.9 Å². The molecule has 0 bridgehead atoms. The first-order valence-electron chi connectivity index (χ1n) is 12.5. The number of thioether (sulfide) groups is 1. The number of halogens is 2. The van der Waals surface area contributed by atoms with Gasteiger partial charge in [0.1, 0.15) is 17.4 Å². The lowest BCUT2D eigenvalue weighted by Gasteiger charge is -2.38. The lowest BCUT2D eigenvalue weighted by molar-refractivity contribution is 0.0696. The van der Waals surface area contributed by atoms with Gasteiger partial charge >= 0.3 is 0 Å². The van der Waals surface area contributed by atoms with E-state index in [4.69, 9.17) is 4.74 Å². The Morgan fingerprint density at radius 1 is 1.19 bits per heavy atom. The van der Waals surface area contributed by atoms with E-state index in [1.807, 2.05) is 31.4 Å². The number of methoxy groups -OCH3 is 1. The molecule has 1 unspecified atom stereocenters. The lowest BCUT2D eigenvalue weighted by atomic mass is 9.81. The SMILES string of the molecule is CNC(CC[C@@H]1CCN(CCSc2cc(F)ccc2F)C[C@@H]1CO)c1ccnc2ccc(OC)cc12. The van der Waals surface area contributed by atoms with Crippen LogP contribution in [0.15, 0.2) is 53.6 Å². The predicted molar refractivity (Wildman–Crippen MR) is 142 cm³/mol. The molecule has 0 aliphatic carbocycles. The lowest BCUT2D eigenvalue weighted by Crippen LogP contribution is -2.43. The van der Waals surface area contributed by atoms with Gasteiger partial charge in [-0.05, 0) is 92.7 Å². The Balaban J connectivity index is 1.33. The van der Waals surface area contributed by atoms with E-state index in [1.54, 1.807) is 7.11 Å². The van der Waals surface area contributed by atoms with E-state index in [1.165, 1.54) is 29.5 Å². The van der Waals surface area contributed by atoms with Crippen LogP contribution in [0.4, 0.5) is 8.78 Å². The van der Waals surface area contributed by atoms with Gasteiger partial charge in [0.25, 0.3) is 0 Å². The molecule has 0 amide bonds. The van der Waals surface area contributed by atoms with Crippen molar-refractivity contribution < 1.29 is 18.6 Å². The number of piperidine rings is 1. The highest BCUT2D eigenvalue weighted by Gasteiger charge is 2.29. The number of pyridine rings is 1. The third-order valence-electron chi connectivity index (χ3n) is 7.30. The molecular weight excluding hydrogens is 480 g/mol. The number of aliphatic hydroxyl groups excluding tert-OH is 1. The number of rotatable bonds is 11. The van der Waals surface area contributed by atoms with Crippen LogP contribution in [0.1, 0.15) is 30.9 Å². The van der Waals surface area contributed by atoms with Gasteiger partial charge in [0.15, 0.2) is 0 Å². The number of nitrogens with one attached hydrogen (secondary N) is 1. The molecule has 5 nitrogen and oxygen atoms in total. The van der Waals surface area contributed by atoms with E-state index < -0.39 is 5.82 Å². The van der Waals surface area contributed by atoms with Crippen LogP contribution in [-0.4, -0.2) is 61.1 Å². The number of aliphatic hydroxyl groups is 1. The number of aromatic nitrogens is 1. The summed E-state index contributed by atoms with van der Waals surface area (Å²) in [6.07, 6.45) is 4.85. The Hall–Kier alpha value is -2.26. The first-order chi connectivity index (χ1) is 17.5. The normalized spacial score (nSPS) is 19.5. The summed E-state index contributed by atoms with van der Waals surface area (Å²) >= 11 is 1.34. The maximum absolute atomic E-state index is 13.9. The second kappa shape index (κ2) is 12.8. The highest BCUT2D eigenvalue weighted by atomic mass is 32.2. The minimum atomic E-state index is -0.418. The van der Waals surface area contributed by atoms with Crippen LogP contribution in [0.2, 0.25) is 0 Å². The fraction of sp³-hybridized carbons (Fsp3) is 0.464. The minimum Gasteiger partial charge on any atom is -0.497 e. The number of likely N-dealkylation sites (tertiary alicyclic amines) is 1. The van der Waals surface area contributed by atoms with Crippen molar-refractivity contribution in [3.05, 3.63) is 65.9 Å². The van der Waals surface area contributed by atoms with Gasteiger partial charge < -0.3 is 20.1 Å². The third-order valence-corrected chi connectivity index (χ3v) is 8.31.